The van der Waals surface area contributed by atoms with Gasteiger partial charge >= 0.3 is 0 Å². The monoisotopic (exact) mass is 303 g/mol. The number of nitrogens with zero attached hydrogens (tertiary/aromatic N) is 5. The van der Waals surface area contributed by atoms with Gasteiger partial charge < -0.3 is 9.42 Å². The molecule has 1 amide bonds. The van der Waals surface area contributed by atoms with E-state index in [-0.39, 0.29) is 17.9 Å². The van der Waals surface area contributed by atoms with Crippen LogP contribution < -0.4 is 0 Å². The molecule has 118 valence electrons. The number of likely N-dealkylation sites (tertiary alicyclic amines) is 1. The topological polar surface area (TPSA) is 77.0 Å². The molecule has 1 fully saturated rings. The fourth-order valence-electron chi connectivity index (χ4n) is 3.28. The maximum absolute atomic E-state index is 12.8. The van der Waals surface area contributed by atoms with Crippen molar-refractivity contribution in [1.82, 2.24) is 24.8 Å². The molecule has 1 aliphatic rings. The lowest BCUT2D eigenvalue weighted by molar-refractivity contribution is -0.134. The summed E-state index contributed by atoms with van der Waals surface area (Å²) >= 11 is 0. The summed E-state index contributed by atoms with van der Waals surface area (Å²) in [6, 6.07) is 0.206. The van der Waals surface area contributed by atoms with Crippen molar-refractivity contribution >= 4 is 5.91 Å². The first-order valence-electron chi connectivity index (χ1n) is 7.63. The third-order valence-electron chi connectivity index (χ3n) is 4.41. The highest BCUT2D eigenvalue weighted by molar-refractivity contribution is 5.84. The van der Waals surface area contributed by atoms with Gasteiger partial charge in [-0.25, -0.2) is 9.67 Å². The fraction of sp³-hybridized carbons (Fsp3) is 0.600. The molecule has 1 aliphatic heterocycles. The van der Waals surface area contributed by atoms with Gasteiger partial charge in [0.25, 0.3) is 0 Å². The lowest BCUT2D eigenvalue weighted by Gasteiger charge is -2.34. The van der Waals surface area contributed by atoms with Crippen molar-refractivity contribution in [3.8, 4) is 0 Å². The Morgan fingerprint density at radius 3 is 2.91 bits per heavy atom. The summed E-state index contributed by atoms with van der Waals surface area (Å²) in [5.41, 5.74) is 1.70. The lowest BCUT2D eigenvalue weighted by Crippen LogP contribution is -2.42. The molecule has 22 heavy (non-hydrogen) atoms. The van der Waals surface area contributed by atoms with Gasteiger partial charge in [0, 0.05) is 18.7 Å². The minimum Gasteiger partial charge on any atom is -0.361 e. The minimum atomic E-state index is -0.235. The minimum absolute atomic E-state index is 0.124. The highest BCUT2D eigenvalue weighted by atomic mass is 16.5. The summed E-state index contributed by atoms with van der Waals surface area (Å²) < 4.78 is 7.04. The van der Waals surface area contributed by atoms with Gasteiger partial charge in [-0.2, -0.15) is 5.10 Å². The summed E-state index contributed by atoms with van der Waals surface area (Å²) in [7, 11) is 0. The third-order valence-corrected chi connectivity index (χ3v) is 4.41. The highest BCUT2D eigenvalue weighted by Gasteiger charge is 2.31. The van der Waals surface area contributed by atoms with E-state index < -0.39 is 0 Å². The average Bonchev–Trinajstić information content (AvgIpc) is 3.16. The molecule has 0 saturated carbocycles. The Bertz CT molecular complexity index is 629. The normalized spacial score (nSPS) is 20.1. The zero-order valence-corrected chi connectivity index (χ0v) is 13.2. The van der Waals surface area contributed by atoms with Crippen molar-refractivity contribution in [3.63, 3.8) is 0 Å². The Labute approximate surface area is 129 Å². The van der Waals surface area contributed by atoms with E-state index in [2.05, 4.69) is 15.2 Å². The number of aryl methyl sites for hydroxylation is 2. The maximum Gasteiger partial charge on any atom is 0.230 e. The summed E-state index contributed by atoms with van der Waals surface area (Å²) in [6.07, 6.45) is 5.25. The van der Waals surface area contributed by atoms with Gasteiger partial charge in [0.2, 0.25) is 5.91 Å². The molecule has 0 spiro atoms. The summed E-state index contributed by atoms with van der Waals surface area (Å²) in [4.78, 5) is 18.7. The summed E-state index contributed by atoms with van der Waals surface area (Å²) in [5, 5.41) is 8.15. The molecule has 2 aromatic rings. The fourth-order valence-corrected chi connectivity index (χ4v) is 3.28. The molecule has 0 aliphatic carbocycles. The molecular formula is C15H21N5O2. The Kier molecular flexibility index (Phi) is 3.96. The van der Waals surface area contributed by atoms with E-state index in [0.29, 0.717) is 6.54 Å². The Balaban J connectivity index is 1.74. The number of rotatable bonds is 3. The van der Waals surface area contributed by atoms with Crippen LogP contribution in [0.2, 0.25) is 0 Å². The van der Waals surface area contributed by atoms with Crippen LogP contribution >= 0.6 is 0 Å². The molecule has 0 radical (unpaired) electrons. The highest BCUT2D eigenvalue weighted by Crippen LogP contribution is 2.28. The van der Waals surface area contributed by atoms with Gasteiger partial charge in [0.05, 0.1) is 17.7 Å². The molecule has 2 atom stereocenters. The number of amides is 1. The number of carbonyl (C=O) groups is 1. The van der Waals surface area contributed by atoms with Gasteiger partial charge in [-0.15, -0.1) is 0 Å². The number of carbonyl (C=O) groups excluding carboxylic acids is 1. The van der Waals surface area contributed by atoms with Crippen molar-refractivity contribution in [3.05, 3.63) is 29.7 Å². The van der Waals surface area contributed by atoms with E-state index in [9.17, 15) is 4.79 Å². The molecule has 0 bridgehead atoms. The Morgan fingerprint density at radius 2 is 2.27 bits per heavy atom. The SMILES string of the molecule is Cc1noc(C)c1C(C)C(=O)N1CCCC(n2cncn2)C1. The van der Waals surface area contributed by atoms with E-state index in [4.69, 9.17) is 4.52 Å². The van der Waals surface area contributed by atoms with Crippen LogP contribution in [0.5, 0.6) is 0 Å². The molecule has 2 unspecified atom stereocenters. The van der Waals surface area contributed by atoms with E-state index in [1.165, 1.54) is 6.33 Å². The van der Waals surface area contributed by atoms with Crippen molar-refractivity contribution < 1.29 is 9.32 Å². The number of hydrogen-bond donors (Lipinski definition) is 0. The van der Waals surface area contributed by atoms with Crippen molar-refractivity contribution in [2.24, 2.45) is 0 Å². The summed E-state index contributed by atoms with van der Waals surface area (Å²) in [6.45, 7) is 7.12. The average molecular weight is 303 g/mol. The van der Waals surface area contributed by atoms with Crippen molar-refractivity contribution in [1.29, 1.82) is 0 Å². The van der Waals surface area contributed by atoms with Crippen LogP contribution in [0.3, 0.4) is 0 Å². The van der Waals surface area contributed by atoms with Gasteiger partial charge in [-0.1, -0.05) is 5.16 Å². The molecule has 0 aromatic carbocycles. The van der Waals surface area contributed by atoms with Crippen LogP contribution in [-0.2, 0) is 4.79 Å². The van der Waals surface area contributed by atoms with Crippen molar-refractivity contribution in [2.45, 2.75) is 45.6 Å². The van der Waals surface area contributed by atoms with Crippen LogP contribution in [0.4, 0.5) is 0 Å². The smallest absolute Gasteiger partial charge is 0.230 e. The number of aromatic nitrogens is 4. The first kappa shape index (κ1) is 14.7. The van der Waals surface area contributed by atoms with Crippen LogP contribution in [0, 0.1) is 13.8 Å². The molecule has 1 saturated heterocycles. The van der Waals surface area contributed by atoms with E-state index >= 15 is 0 Å². The maximum atomic E-state index is 12.8. The predicted octanol–water partition coefficient (Wildman–Crippen LogP) is 1.85. The molecule has 7 nitrogen and oxygen atoms in total. The standard InChI is InChI=1S/C15H21N5O2/c1-10(14-11(2)18-22-12(14)3)15(21)19-6-4-5-13(7-19)20-9-16-8-17-20/h8-10,13H,4-7H2,1-3H3. The Morgan fingerprint density at radius 1 is 1.45 bits per heavy atom. The van der Waals surface area contributed by atoms with E-state index in [1.54, 1.807) is 6.33 Å². The molecule has 3 heterocycles. The number of hydrogen-bond acceptors (Lipinski definition) is 5. The van der Waals surface area contributed by atoms with Crippen LogP contribution in [0.1, 0.15) is 48.7 Å². The Hall–Kier alpha value is -2.18. The van der Waals surface area contributed by atoms with Gasteiger partial charge in [-0.05, 0) is 33.6 Å². The van der Waals surface area contributed by atoms with Crippen molar-refractivity contribution in [2.75, 3.05) is 13.1 Å². The van der Waals surface area contributed by atoms with Crippen LogP contribution in [0.25, 0.3) is 0 Å². The van der Waals surface area contributed by atoms with Gasteiger partial charge in [0.1, 0.15) is 18.4 Å². The third kappa shape index (κ3) is 2.63. The second-order valence-corrected chi connectivity index (χ2v) is 5.92. The van der Waals surface area contributed by atoms with E-state index in [0.717, 1.165) is 36.4 Å². The zero-order chi connectivity index (χ0) is 15.7. The molecule has 0 N–H and O–H groups in total. The lowest BCUT2D eigenvalue weighted by atomic mass is 9.96. The van der Waals surface area contributed by atoms with Crippen LogP contribution in [-0.4, -0.2) is 43.8 Å². The second kappa shape index (κ2) is 5.90. The first-order chi connectivity index (χ1) is 10.6. The van der Waals surface area contributed by atoms with Gasteiger partial charge in [-0.3, -0.25) is 4.79 Å². The van der Waals surface area contributed by atoms with E-state index in [1.807, 2.05) is 30.4 Å². The molecule has 3 rings (SSSR count). The zero-order valence-electron chi connectivity index (χ0n) is 13.2. The first-order valence-corrected chi connectivity index (χ1v) is 7.63. The largest absolute Gasteiger partial charge is 0.361 e. The molecule has 7 heteroatoms. The quantitative estimate of drug-likeness (QED) is 0.865. The number of piperidine rings is 1. The van der Waals surface area contributed by atoms with Crippen LogP contribution in [0.15, 0.2) is 17.2 Å². The second-order valence-electron chi connectivity index (χ2n) is 5.92. The van der Waals surface area contributed by atoms with Gasteiger partial charge in [0.15, 0.2) is 0 Å². The summed E-state index contributed by atoms with van der Waals surface area (Å²) in [5.74, 6) is 0.614. The molecular weight excluding hydrogens is 282 g/mol. The molecule has 2 aromatic heterocycles. The predicted molar refractivity (Wildman–Crippen MR) is 79.3 cm³/mol.